The van der Waals surface area contributed by atoms with Crippen LogP contribution in [0.3, 0.4) is 0 Å². The summed E-state index contributed by atoms with van der Waals surface area (Å²) >= 11 is 1.20. The molecule has 0 aliphatic carbocycles. The third-order valence-electron chi connectivity index (χ3n) is 4.71. The molecule has 0 N–H and O–H groups in total. The van der Waals surface area contributed by atoms with Gasteiger partial charge in [0.25, 0.3) is 5.56 Å². The minimum Gasteiger partial charge on any atom is -0.293 e. The number of halogens is 1. The maximum Gasteiger partial charge on any atom is 0.266 e. The summed E-state index contributed by atoms with van der Waals surface area (Å²) in [6.07, 6.45) is 0. The first kappa shape index (κ1) is 20.0. The van der Waals surface area contributed by atoms with Crippen molar-refractivity contribution in [1.29, 1.82) is 0 Å². The zero-order chi connectivity index (χ0) is 21.3. The van der Waals surface area contributed by atoms with Gasteiger partial charge < -0.3 is 0 Å². The molecule has 150 valence electrons. The van der Waals surface area contributed by atoms with E-state index in [2.05, 4.69) is 4.98 Å². The highest BCUT2D eigenvalue weighted by molar-refractivity contribution is 7.99. The van der Waals surface area contributed by atoms with Gasteiger partial charge in [-0.3, -0.25) is 14.2 Å². The molecule has 0 fully saturated rings. The fourth-order valence-electron chi connectivity index (χ4n) is 3.37. The summed E-state index contributed by atoms with van der Waals surface area (Å²) in [6, 6.07) is 18.5. The Morgan fingerprint density at radius 1 is 1.00 bits per heavy atom. The predicted molar refractivity (Wildman–Crippen MR) is 118 cm³/mol. The molecule has 0 saturated carbocycles. The lowest BCUT2D eigenvalue weighted by atomic mass is 10.1. The largest absolute Gasteiger partial charge is 0.293 e. The van der Waals surface area contributed by atoms with Gasteiger partial charge in [0.2, 0.25) is 0 Å². The van der Waals surface area contributed by atoms with E-state index in [4.69, 9.17) is 0 Å². The lowest BCUT2D eigenvalue weighted by molar-refractivity contribution is 0.102. The molecule has 3 aromatic carbocycles. The minimum atomic E-state index is -0.390. The summed E-state index contributed by atoms with van der Waals surface area (Å²) in [6.45, 7) is 3.95. The van der Waals surface area contributed by atoms with Gasteiger partial charge in [0.1, 0.15) is 5.82 Å². The first-order valence-corrected chi connectivity index (χ1v) is 10.4. The third-order valence-corrected chi connectivity index (χ3v) is 5.65. The Bertz CT molecular complexity index is 1290. The Morgan fingerprint density at radius 2 is 1.67 bits per heavy atom. The van der Waals surface area contributed by atoms with Crippen molar-refractivity contribution in [2.24, 2.45) is 0 Å². The van der Waals surface area contributed by atoms with Crippen LogP contribution in [0.25, 0.3) is 16.6 Å². The quantitative estimate of drug-likeness (QED) is 0.257. The number of aromatic nitrogens is 2. The molecule has 0 atom stereocenters. The summed E-state index contributed by atoms with van der Waals surface area (Å²) in [4.78, 5) is 30.5. The van der Waals surface area contributed by atoms with Crippen molar-refractivity contribution in [2.45, 2.75) is 19.0 Å². The van der Waals surface area contributed by atoms with Gasteiger partial charge in [-0.2, -0.15) is 0 Å². The van der Waals surface area contributed by atoms with Crippen LogP contribution in [0.1, 0.15) is 21.5 Å². The number of para-hydroxylation sites is 1. The molecule has 0 aliphatic heterocycles. The van der Waals surface area contributed by atoms with Crippen molar-refractivity contribution in [3.63, 3.8) is 0 Å². The van der Waals surface area contributed by atoms with Crippen LogP contribution in [0, 0.1) is 19.7 Å². The number of ketones is 1. The molecule has 0 unspecified atom stereocenters. The monoisotopic (exact) mass is 418 g/mol. The Morgan fingerprint density at radius 3 is 2.37 bits per heavy atom. The van der Waals surface area contributed by atoms with Crippen molar-refractivity contribution >= 4 is 28.4 Å². The van der Waals surface area contributed by atoms with Gasteiger partial charge >= 0.3 is 0 Å². The van der Waals surface area contributed by atoms with E-state index in [0.29, 0.717) is 27.3 Å². The summed E-state index contributed by atoms with van der Waals surface area (Å²) in [7, 11) is 0. The fraction of sp³-hybridized carbons (Fsp3) is 0.125. The maximum absolute atomic E-state index is 13.3. The lowest BCUT2D eigenvalue weighted by Gasteiger charge is -2.14. The first-order chi connectivity index (χ1) is 14.4. The molecule has 0 spiro atoms. The highest BCUT2D eigenvalue weighted by Crippen LogP contribution is 2.23. The van der Waals surface area contributed by atoms with Gasteiger partial charge in [-0.05, 0) is 73.5 Å². The van der Waals surface area contributed by atoms with E-state index in [1.165, 1.54) is 36.0 Å². The molecule has 4 aromatic rings. The molecular formula is C24H19FN2O2S. The Hall–Kier alpha value is -3.25. The number of carbonyl (C=O) groups is 1. The summed E-state index contributed by atoms with van der Waals surface area (Å²) in [5.41, 5.74) is 3.60. The molecule has 6 heteroatoms. The van der Waals surface area contributed by atoms with E-state index in [1.807, 2.05) is 44.2 Å². The van der Waals surface area contributed by atoms with Crippen LogP contribution >= 0.6 is 11.8 Å². The van der Waals surface area contributed by atoms with Crippen molar-refractivity contribution < 1.29 is 9.18 Å². The normalized spacial score (nSPS) is 11.0. The van der Waals surface area contributed by atoms with Gasteiger partial charge in [-0.25, -0.2) is 9.37 Å². The van der Waals surface area contributed by atoms with E-state index in [1.54, 1.807) is 16.7 Å². The van der Waals surface area contributed by atoms with Crippen LogP contribution in [0.5, 0.6) is 0 Å². The number of rotatable bonds is 5. The zero-order valence-corrected chi connectivity index (χ0v) is 17.4. The van der Waals surface area contributed by atoms with Crippen molar-refractivity contribution in [3.05, 3.63) is 99.6 Å². The molecule has 4 nitrogen and oxygen atoms in total. The lowest BCUT2D eigenvalue weighted by Crippen LogP contribution is -2.22. The Kier molecular flexibility index (Phi) is 5.50. The van der Waals surface area contributed by atoms with E-state index >= 15 is 0 Å². The van der Waals surface area contributed by atoms with E-state index < -0.39 is 0 Å². The number of aryl methyl sites for hydroxylation is 2. The van der Waals surface area contributed by atoms with Crippen LogP contribution in [-0.2, 0) is 0 Å². The average Bonchev–Trinajstić information content (AvgIpc) is 2.72. The number of hydrogen-bond acceptors (Lipinski definition) is 4. The summed E-state index contributed by atoms with van der Waals surface area (Å²) < 4.78 is 14.7. The topological polar surface area (TPSA) is 52.0 Å². The molecule has 0 bridgehead atoms. The van der Waals surface area contributed by atoms with Gasteiger partial charge in [0.05, 0.1) is 22.3 Å². The smallest absolute Gasteiger partial charge is 0.266 e. The molecule has 0 amide bonds. The number of fused-ring (bicyclic) bond motifs is 1. The molecule has 1 heterocycles. The van der Waals surface area contributed by atoms with Crippen LogP contribution < -0.4 is 5.56 Å². The van der Waals surface area contributed by atoms with Crippen LogP contribution in [0.2, 0.25) is 0 Å². The second-order valence-corrected chi connectivity index (χ2v) is 8.06. The molecule has 1 aromatic heterocycles. The first-order valence-electron chi connectivity index (χ1n) is 9.44. The minimum absolute atomic E-state index is 0.0845. The second kappa shape index (κ2) is 8.24. The fourth-order valence-corrected chi connectivity index (χ4v) is 4.27. The van der Waals surface area contributed by atoms with Crippen LogP contribution in [0.4, 0.5) is 4.39 Å². The van der Waals surface area contributed by atoms with Crippen molar-refractivity contribution in [1.82, 2.24) is 9.55 Å². The number of benzene rings is 3. The van der Waals surface area contributed by atoms with Crippen molar-refractivity contribution in [2.75, 3.05) is 5.75 Å². The zero-order valence-electron chi connectivity index (χ0n) is 16.6. The Balaban J connectivity index is 1.78. The maximum atomic E-state index is 13.3. The molecule has 0 aliphatic rings. The summed E-state index contributed by atoms with van der Waals surface area (Å²) in [5.74, 6) is -0.463. The molecular weight excluding hydrogens is 399 g/mol. The molecule has 0 saturated heterocycles. The highest BCUT2D eigenvalue weighted by Gasteiger charge is 2.16. The van der Waals surface area contributed by atoms with E-state index in [-0.39, 0.29) is 22.9 Å². The molecule has 30 heavy (non-hydrogen) atoms. The highest BCUT2D eigenvalue weighted by atomic mass is 32.2. The van der Waals surface area contributed by atoms with Gasteiger partial charge in [-0.15, -0.1) is 0 Å². The predicted octanol–water partition coefficient (Wildman–Crippen LogP) is 5.12. The van der Waals surface area contributed by atoms with Gasteiger partial charge in [0.15, 0.2) is 10.9 Å². The number of carbonyl (C=O) groups excluding carboxylic acids is 1. The van der Waals surface area contributed by atoms with Crippen LogP contribution in [-0.4, -0.2) is 21.1 Å². The number of Topliss-reactive ketones (excluding diaryl/α,β-unsaturated/α-hetero) is 1. The number of thioether (sulfide) groups is 1. The second-order valence-electron chi connectivity index (χ2n) is 7.12. The van der Waals surface area contributed by atoms with Crippen LogP contribution in [0.15, 0.2) is 76.7 Å². The average molecular weight is 418 g/mol. The Labute approximate surface area is 177 Å². The standard InChI is InChI=1S/C24H19FN2O2S/c1-15-11-16(2)13-19(12-15)27-23(29)20-5-3-4-6-21(20)26-24(27)30-14-22(28)17-7-9-18(25)10-8-17/h3-13H,14H2,1-2H3. The van der Waals surface area contributed by atoms with Gasteiger partial charge in [0, 0.05) is 5.56 Å². The number of nitrogens with zero attached hydrogens (tertiary/aromatic N) is 2. The molecule has 0 radical (unpaired) electrons. The van der Waals surface area contributed by atoms with E-state index in [9.17, 15) is 14.0 Å². The number of hydrogen-bond donors (Lipinski definition) is 0. The summed E-state index contributed by atoms with van der Waals surface area (Å²) in [5, 5.41) is 0.963. The SMILES string of the molecule is Cc1cc(C)cc(-n2c(SCC(=O)c3ccc(F)cc3)nc3ccccc3c2=O)c1. The van der Waals surface area contributed by atoms with Crippen molar-refractivity contribution in [3.8, 4) is 5.69 Å². The third kappa shape index (κ3) is 4.04. The van der Waals surface area contributed by atoms with Gasteiger partial charge in [-0.1, -0.05) is 30.0 Å². The van der Waals surface area contributed by atoms with E-state index in [0.717, 1.165) is 11.1 Å². The molecule has 4 rings (SSSR count).